The number of amides is 1. The van der Waals surface area contributed by atoms with Crippen molar-refractivity contribution in [2.75, 3.05) is 31.1 Å². The summed E-state index contributed by atoms with van der Waals surface area (Å²) in [6.07, 6.45) is 0. The van der Waals surface area contributed by atoms with E-state index in [9.17, 15) is 13.2 Å². The first-order chi connectivity index (χ1) is 12.4. The fourth-order valence-electron chi connectivity index (χ4n) is 2.36. The molecule has 0 spiro atoms. The van der Waals surface area contributed by atoms with Gasteiger partial charge in [0.25, 0.3) is 10.0 Å². The third-order valence-electron chi connectivity index (χ3n) is 3.75. The molecular formula is C18H21ClN2O4S. The Morgan fingerprint density at radius 1 is 1.15 bits per heavy atom. The molecule has 2 aromatic rings. The van der Waals surface area contributed by atoms with Crippen molar-refractivity contribution >= 4 is 33.2 Å². The maximum atomic E-state index is 13.1. The number of halogens is 1. The van der Waals surface area contributed by atoms with E-state index >= 15 is 0 Å². The van der Waals surface area contributed by atoms with Gasteiger partial charge in [-0.3, -0.25) is 9.10 Å². The van der Waals surface area contributed by atoms with Gasteiger partial charge in [-0.2, -0.15) is 0 Å². The van der Waals surface area contributed by atoms with Gasteiger partial charge in [-0.05, 0) is 36.8 Å². The number of sulfonamides is 1. The Hall–Kier alpha value is -2.09. The van der Waals surface area contributed by atoms with Crippen LogP contribution in [0.2, 0.25) is 5.02 Å². The smallest absolute Gasteiger partial charge is 0.264 e. The van der Waals surface area contributed by atoms with E-state index in [4.69, 9.17) is 16.3 Å². The molecule has 0 aliphatic carbocycles. The van der Waals surface area contributed by atoms with Crippen molar-refractivity contribution in [3.05, 3.63) is 59.1 Å². The Morgan fingerprint density at radius 2 is 1.85 bits per heavy atom. The molecule has 2 rings (SSSR count). The molecule has 26 heavy (non-hydrogen) atoms. The summed E-state index contributed by atoms with van der Waals surface area (Å²) in [5.74, 6) is -0.430. The number of nitrogens with zero attached hydrogens (tertiary/aromatic N) is 1. The van der Waals surface area contributed by atoms with Crippen LogP contribution in [0.5, 0.6) is 0 Å². The Morgan fingerprint density at radius 3 is 2.50 bits per heavy atom. The number of hydrogen-bond donors (Lipinski definition) is 1. The maximum absolute atomic E-state index is 13.1. The highest BCUT2D eigenvalue weighted by Gasteiger charge is 2.28. The quantitative estimate of drug-likeness (QED) is 0.696. The molecule has 0 bridgehead atoms. The standard InChI is InChI=1S/C18H21ClN2O4S/c1-14-16(19)9-6-10-17(14)21(13-18(22)20-11-12-25-2)26(23,24)15-7-4-3-5-8-15/h3-10H,11-13H2,1-2H3,(H,20,22). The first-order valence-electron chi connectivity index (χ1n) is 7.96. The lowest BCUT2D eigenvalue weighted by Crippen LogP contribution is -2.42. The van der Waals surface area contributed by atoms with E-state index in [2.05, 4.69) is 5.32 Å². The number of anilines is 1. The molecule has 0 heterocycles. The zero-order valence-electron chi connectivity index (χ0n) is 14.6. The molecule has 8 heteroatoms. The summed E-state index contributed by atoms with van der Waals surface area (Å²) in [4.78, 5) is 12.4. The van der Waals surface area contributed by atoms with Crippen LogP contribution in [0.15, 0.2) is 53.4 Å². The molecule has 0 unspecified atom stereocenters. The molecule has 0 saturated carbocycles. The monoisotopic (exact) mass is 396 g/mol. The first-order valence-corrected chi connectivity index (χ1v) is 9.78. The number of carbonyl (C=O) groups is 1. The van der Waals surface area contributed by atoms with Crippen LogP contribution in [0.4, 0.5) is 5.69 Å². The number of methoxy groups -OCH3 is 1. The van der Waals surface area contributed by atoms with E-state index in [1.807, 2.05) is 0 Å². The Bertz CT molecular complexity index is 857. The van der Waals surface area contributed by atoms with E-state index in [-0.39, 0.29) is 11.4 Å². The van der Waals surface area contributed by atoms with Gasteiger partial charge >= 0.3 is 0 Å². The predicted molar refractivity (Wildman–Crippen MR) is 102 cm³/mol. The number of hydrogen-bond acceptors (Lipinski definition) is 4. The molecule has 0 aromatic heterocycles. The topological polar surface area (TPSA) is 75.7 Å². The second-order valence-corrected chi connectivity index (χ2v) is 7.82. The van der Waals surface area contributed by atoms with Crippen molar-refractivity contribution < 1.29 is 17.9 Å². The highest BCUT2D eigenvalue weighted by molar-refractivity contribution is 7.92. The average molecular weight is 397 g/mol. The van der Waals surface area contributed by atoms with E-state index in [0.29, 0.717) is 29.4 Å². The number of nitrogens with one attached hydrogen (secondary N) is 1. The lowest BCUT2D eigenvalue weighted by molar-refractivity contribution is -0.119. The number of benzene rings is 2. The summed E-state index contributed by atoms with van der Waals surface area (Å²) < 4.78 is 32.2. The molecule has 0 aliphatic heterocycles. The van der Waals surface area contributed by atoms with Gasteiger partial charge in [0.1, 0.15) is 6.54 Å². The van der Waals surface area contributed by atoms with Crippen LogP contribution in [0.3, 0.4) is 0 Å². The van der Waals surface area contributed by atoms with Crippen molar-refractivity contribution in [1.29, 1.82) is 0 Å². The summed E-state index contributed by atoms with van der Waals surface area (Å²) in [7, 11) is -2.41. The highest BCUT2D eigenvalue weighted by atomic mass is 35.5. The lowest BCUT2D eigenvalue weighted by Gasteiger charge is -2.26. The van der Waals surface area contributed by atoms with Crippen LogP contribution >= 0.6 is 11.6 Å². The van der Waals surface area contributed by atoms with Crippen LogP contribution in [-0.4, -0.2) is 41.1 Å². The molecule has 1 amide bonds. The molecule has 0 radical (unpaired) electrons. The second kappa shape index (κ2) is 9.02. The van der Waals surface area contributed by atoms with E-state index < -0.39 is 15.9 Å². The zero-order valence-corrected chi connectivity index (χ0v) is 16.2. The third-order valence-corrected chi connectivity index (χ3v) is 5.94. The molecule has 0 aliphatic rings. The van der Waals surface area contributed by atoms with Crippen LogP contribution in [0, 0.1) is 6.92 Å². The summed E-state index contributed by atoms with van der Waals surface area (Å²) in [6, 6.07) is 12.9. The van der Waals surface area contributed by atoms with Gasteiger partial charge in [0.15, 0.2) is 0 Å². The van der Waals surface area contributed by atoms with E-state index in [1.165, 1.54) is 19.2 Å². The molecule has 0 saturated heterocycles. The summed E-state index contributed by atoms with van der Waals surface area (Å²) in [5, 5.41) is 3.06. The average Bonchev–Trinajstić information content (AvgIpc) is 2.63. The number of rotatable bonds is 8. The second-order valence-electron chi connectivity index (χ2n) is 5.55. The lowest BCUT2D eigenvalue weighted by atomic mass is 10.2. The SMILES string of the molecule is COCCNC(=O)CN(c1cccc(Cl)c1C)S(=O)(=O)c1ccccc1. The molecule has 0 atom stereocenters. The van der Waals surface area contributed by atoms with Crippen LogP contribution in [-0.2, 0) is 19.6 Å². The van der Waals surface area contributed by atoms with Crippen molar-refractivity contribution in [1.82, 2.24) is 5.32 Å². The third kappa shape index (κ3) is 4.75. The van der Waals surface area contributed by atoms with Crippen molar-refractivity contribution in [3.63, 3.8) is 0 Å². The fourth-order valence-corrected chi connectivity index (χ4v) is 4.03. The molecule has 1 N–H and O–H groups in total. The fraction of sp³-hybridized carbons (Fsp3) is 0.278. The number of ether oxygens (including phenoxy) is 1. The van der Waals surface area contributed by atoms with Gasteiger partial charge in [-0.25, -0.2) is 8.42 Å². The van der Waals surface area contributed by atoms with Gasteiger partial charge in [0.2, 0.25) is 5.91 Å². The minimum absolute atomic E-state index is 0.101. The van der Waals surface area contributed by atoms with E-state index in [0.717, 1.165) is 4.31 Å². The Kier molecular flexibility index (Phi) is 7.02. The normalized spacial score (nSPS) is 11.2. The van der Waals surface area contributed by atoms with Crippen molar-refractivity contribution in [2.24, 2.45) is 0 Å². The zero-order chi connectivity index (χ0) is 19.2. The molecule has 0 fully saturated rings. The molecule has 2 aromatic carbocycles. The summed E-state index contributed by atoms with van der Waals surface area (Å²) in [5.41, 5.74) is 0.946. The van der Waals surface area contributed by atoms with Gasteiger partial charge in [0, 0.05) is 18.7 Å². The number of carbonyl (C=O) groups excluding carboxylic acids is 1. The summed E-state index contributed by atoms with van der Waals surface area (Å²) in [6.45, 7) is 1.99. The molecule has 140 valence electrons. The van der Waals surface area contributed by atoms with E-state index in [1.54, 1.807) is 43.3 Å². The van der Waals surface area contributed by atoms with Gasteiger partial charge < -0.3 is 10.1 Å². The Labute approximate surface area is 158 Å². The minimum Gasteiger partial charge on any atom is -0.383 e. The van der Waals surface area contributed by atoms with Crippen LogP contribution in [0.25, 0.3) is 0 Å². The van der Waals surface area contributed by atoms with Crippen molar-refractivity contribution in [2.45, 2.75) is 11.8 Å². The van der Waals surface area contributed by atoms with Crippen LogP contribution in [0.1, 0.15) is 5.56 Å². The highest BCUT2D eigenvalue weighted by Crippen LogP contribution is 2.30. The predicted octanol–water partition coefficient (Wildman–Crippen LogP) is 2.61. The van der Waals surface area contributed by atoms with Crippen LogP contribution < -0.4 is 9.62 Å². The largest absolute Gasteiger partial charge is 0.383 e. The Balaban J connectivity index is 2.42. The summed E-state index contributed by atoms with van der Waals surface area (Å²) >= 11 is 6.15. The minimum atomic E-state index is -3.94. The first kappa shape index (κ1) is 20.2. The van der Waals surface area contributed by atoms with Crippen molar-refractivity contribution in [3.8, 4) is 0 Å². The van der Waals surface area contributed by atoms with Gasteiger partial charge in [-0.1, -0.05) is 35.9 Å². The van der Waals surface area contributed by atoms with Gasteiger partial charge in [0.05, 0.1) is 17.2 Å². The maximum Gasteiger partial charge on any atom is 0.264 e. The molecule has 6 nitrogen and oxygen atoms in total. The molecular weight excluding hydrogens is 376 g/mol. The van der Waals surface area contributed by atoms with Gasteiger partial charge in [-0.15, -0.1) is 0 Å².